The Morgan fingerprint density at radius 2 is 1.77 bits per heavy atom. The fourth-order valence-electron chi connectivity index (χ4n) is 3.30. The third-order valence-electron chi connectivity index (χ3n) is 5.21. The van der Waals surface area contributed by atoms with Crippen molar-refractivity contribution in [2.45, 2.75) is 26.9 Å². The molecule has 2 N–H and O–H groups in total. The van der Waals surface area contributed by atoms with E-state index in [9.17, 15) is 19.5 Å². The van der Waals surface area contributed by atoms with Crippen LogP contribution >= 0.6 is 11.6 Å². The minimum atomic E-state index is -1.13. The van der Waals surface area contributed by atoms with Gasteiger partial charge < -0.3 is 14.9 Å². The number of halogens is 1. The van der Waals surface area contributed by atoms with Crippen LogP contribution in [-0.4, -0.2) is 35.3 Å². The van der Waals surface area contributed by atoms with Crippen molar-refractivity contribution < 1.29 is 14.4 Å². The van der Waals surface area contributed by atoms with Crippen molar-refractivity contribution in [2.75, 3.05) is 5.32 Å². The molecule has 0 aliphatic carbocycles. The molecule has 180 valence electrons. The lowest BCUT2D eigenvalue weighted by Crippen LogP contribution is -2.44. The second kappa shape index (κ2) is 9.94. The lowest BCUT2D eigenvalue weighted by Gasteiger charge is -2.16. The van der Waals surface area contributed by atoms with Crippen LogP contribution in [0.25, 0.3) is 11.4 Å². The highest BCUT2D eigenvalue weighted by atomic mass is 35.5. The van der Waals surface area contributed by atoms with E-state index >= 15 is 0 Å². The highest BCUT2D eigenvalue weighted by Crippen LogP contribution is 2.21. The number of carboxylic acids is 1. The van der Waals surface area contributed by atoms with E-state index in [1.54, 1.807) is 55.5 Å². The first kappa shape index (κ1) is 23.9. The Labute approximate surface area is 203 Å². The van der Waals surface area contributed by atoms with E-state index in [2.05, 4.69) is 20.4 Å². The summed E-state index contributed by atoms with van der Waals surface area (Å²) in [4.78, 5) is 45.4. The molecule has 4 rings (SSSR count). The molecule has 11 nitrogen and oxygen atoms in total. The summed E-state index contributed by atoms with van der Waals surface area (Å²) in [7, 11) is 0. The van der Waals surface area contributed by atoms with E-state index in [-0.39, 0.29) is 19.0 Å². The summed E-state index contributed by atoms with van der Waals surface area (Å²) in [5.74, 6) is -1.19. The summed E-state index contributed by atoms with van der Waals surface area (Å²) < 4.78 is 7.09. The van der Waals surface area contributed by atoms with Crippen LogP contribution < -0.4 is 16.7 Å². The lowest BCUT2D eigenvalue weighted by molar-refractivity contribution is -0.141. The molecule has 0 aliphatic heterocycles. The van der Waals surface area contributed by atoms with Gasteiger partial charge in [0.25, 0.3) is 0 Å². The Bertz CT molecular complexity index is 1470. The second-order valence-electron chi connectivity index (χ2n) is 7.90. The van der Waals surface area contributed by atoms with Crippen LogP contribution in [0.2, 0.25) is 5.02 Å². The molecule has 12 heteroatoms. The van der Waals surface area contributed by atoms with Crippen molar-refractivity contribution in [3.8, 4) is 11.4 Å². The maximum atomic E-state index is 13.3. The van der Waals surface area contributed by atoms with Gasteiger partial charge in [-0.2, -0.15) is 9.97 Å². The van der Waals surface area contributed by atoms with Gasteiger partial charge in [0.2, 0.25) is 17.7 Å². The normalized spacial score (nSPS) is 11.9. The van der Waals surface area contributed by atoms with Crippen LogP contribution in [0.1, 0.15) is 18.4 Å². The van der Waals surface area contributed by atoms with Crippen LogP contribution in [0.5, 0.6) is 0 Å². The van der Waals surface area contributed by atoms with Crippen LogP contribution in [0.15, 0.2) is 62.6 Å². The molecule has 35 heavy (non-hydrogen) atoms. The number of carboxylic acid groups (broad SMARTS) is 1. The summed E-state index contributed by atoms with van der Waals surface area (Å²) in [6.45, 7) is 2.88. The fourth-order valence-corrected chi connectivity index (χ4v) is 3.42. The van der Waals surface area contributed by atoms with Gasteiger partial charge in [-0.3, -0.25) is 9.36 Å². The Morgan fingerprint density at radius 3 is 2.37 bits per heavy atom. The number of rotatable bonds is 8. The van der Waals surface area contributed by atoms with Gasteiger partial charge in [0.15, 0.2) is 0 Å². The zero-order valence-corrected chi connectivity index (χ0v) is 19.6. The van der Waals surface area contributed by atoms with Crippen molar-refractivity contribution in [3.05, 3.63) is 86.0 Å². The smallest absolute Gasteiger partial charge is 0.354 e. The van der Waals surface area contributed by atoms with Gasteiger partial charge in [0.05, 0.1) is 12.5 Å². The number of nitrogens with one attached hydrogen (secondary N) is 1. The van der Waals surface area contributed by atoms with Crippen molar-refractivity contribution in [2.24, 2.45) is 5.92 Å². The molecular weight excluding hydrogens is 476 g/mol. The maximum Gasteiger partial charge on any atom is 0.354 e. The summed E-state index contributed by atoms with van der Waals surface area (Å²) >= 11 is 5.97. The molecule has 0 fully saturated rings. The highest BCUT2D eigenvalue weighted by Gasteiger charge is 2.19. The maximum absolute atomic E-state index is 13.3. The van der Waals surface area contributed by atoms with Gasteiger partial charge in [-0.05, 0) is 42.0 Å². The zero-order chi connectivity index (χ0) is 25.1. The Hall–Kier alpha value is -4.25. The molecule has 1 atom stereocenters. The predicted octanol–water partition coefficient (Wildman–Crippen LogP) is 2.93. The van der Waals surface area contributed by atoms with Gasteiger partial charge in [-0.25, -0.2) is 14.2 Å². The van der Waals surface area contributed by atoms with E-state index < -0.39 is 23.3 Å². The molecule has 0 spiro atoms. The molecule has 0 saturated carbocycles. The fraction of sp³-hybridized carbons (Fsp3) is 0.217. The van der Waals surface area contributed by atoms with Crippen molar-refractivity contribution in [3.63, 3.8) is 0 Å². The van der Waals surface area contributed by atoms with E-state index in [4.69, 9.17) is 16.1 Å². The number of carbonyl (C=O) groups is 1. The van der Waals surface area contributed by atoms with Gasteiger partial charge in [-0.1, -0.05) is 35.8 Å². The quantitative estimate of drug-likeness (QED) is 0.376. The van der Waals surface area contributed by atoms with E-state index in [0.29, 0.717) is 22.4 Å². The summed E-state index contributed by atoms with van der Waals surface area (Å²) in [6.07, 6.45) is 0. The summed E-state index contributed by atoms with van der Waals surface area (Å²) in [5, 5.41) is 16.6. The average molecular weight is 497 g/mol. The molecular formula is C23H21ClN6O5. The van der Waals surface area contributed by atoms with Crippen LogP contribution in [0.4, 0.5) is 11.6 Å². The number of anilines is 2. The van der Waals surface area contributed by atoms with Crippen LogP contribution in [0.3, 0.4) is 0 Å². The molecule has 2 aromatic carbocycles. The van der Waals surface area contributed by atoms with Crippen LogP contribution in [0, 0.1) is 12.8 Å². The Kier molecular flexibility index (Phi) is 6.78. The molecule has 0 amide bonds. The van der Waals surface area contributed by atoms with Gasteiger partial charge in [0.1, 0.15) is 0 Å². The van der Waals surface area contributed by atoms with Gasteiger partial charge >= 0.3 is 17.3 Å². The summed E-state index contributed by atoms with van der Waals surface area (Å²) in [6, 6.07) is 13.8. The zero-order valence-electron chi connectivity index (χ0n) is 18.8. The van der Waals surface area contributed by atoms with Crippen LogP contribution in [-0.2, 0) is 17.9 Å². The molecule has 4 aromatic rings. The highest BCUT2D eigenvalue weighted by molar-refractivity contribution is 6.30. The first-order valence-electron chi connectivity index (χ1n) is 10.6. The number of aryl methyl sites for hydroxylation is 1. The number of hydrogen-bond acceptors (Lipinski definition) is 8. The molecule has 0 radical (unpaired) electrons. The number of nitrogens with zero attached hydrogens (tertiary/aromatic N) is 5. The van der Waals surface area contributed by atoms with Gasteiger partial charge in [0, 0.05) is 29.7 Å². The number of hydrogen-bond donors (Lipinski definition) is 2. The van der Waals surface area contributed by atoms with E-state index in [1.807, 2.05) is 0 Å². The molecule has 0 bridgehead atoms. The Balaban J connectivity index is 1.71. The van der Waals surface area contributed by atoms with Crippen molar-refractivity contribution >= 4 is 29.2 Å². The molecule has 0 saturated heterocycles. The SMILES string of the molecule is Cc1nc(-c2ccc(Nc3nc(=O)n(C[C@H](C)C(=O)O)c(=O)n3Cc3ccc(Cl)cc3)cc2)no1. The average Bonchev–Trinajstić information content (AvgIpc) is 3.27. The summed E-state index contributed by atoms with van der Waals surface area (Å²) in [5.41, 5.74) is 0.478. The second-order valence-corrected chi connectivity index (χ2v) is 8.34. The Morgan fingerprint density at radius 1 is 1.09 bits per heavy atom. The minimum absolute atomic E-state index is 0.0114. The minimum Gasteiger partial charge on any atom is -0.481 e. The molecule has 2 heterocycles. The van der Waals surface area contributed by atoms with E-state index in [0.717, 1.165) is 15.7 Å². The monoisotopic (exact) mass is 496 g/mol. The van der Waals surface area contributed by atoms with E-state index in [1.165, 1.54) is 11.5 Å². The van der Waals surface area contributed by atoms with Gasteiger partial charge in [-0.15, -0.1) is 0 Å². The third-order valence-corrected chi connectivity index (χ3v) is 5.46. The number of aromatic nitrogens is 5. The number of benzene rings is 2. The third kappa shape index (κ3) is 5.46. The molecule has 0 aliphatic rings. The van der Waals surface area contributed by atoms with Crippen molar-refractivity contribution in [1.29, 1.82) is 0 Å². The standard InChI is InChI=1S/C23H21ClN6O5/c1-13(20(31)32)11-30-22(33)27-21(29(23(30)34)12-15-3-7-17(24)8-4-15)26-18-9-5-16(6-10-18)19-25-14(2)35-28-19/h3-10,13H,11-12H2,1-2H3,(H,31,32)(H,26,27,33)/t13-/m0/s1. The topological polar surface area (TPSA) is 145 Å². The first-order valence-corrected chi connectivity index (χ1v) is 11.0. The predicted molar refractivity (Wildman–Crippen MR) is 128 cm³/mol. The largest absolute Gasteiger partial charge is 0.481 e. The lowest BCUT2D eigenvalue weighted by atomic mass is 10.2. The number of aliphatic carboxylic acids is 1. The first-order chi connectivity index (χ1) is 16.7. The molecule has 2 aromatic heterocycles. The molecule has 0 unspecified atom stereocenters. The van der Waals surface area contributed by atoms with Crippen molar-refractivity contribution in [1.82, 2.24) is 24.3 Å².